The molecule has 4 heteroatoms. The maximum atomic E-state index is 9.86. The monoisotopic (exact) mass is 326 g/mol. The second-order valence-electron chi connectivity index (χ2n) is 5.18. The van der Waals surface area contributed by atoms with Crippen LogP contribution in [0.1, 0.15) is 31.2 Å². The highest BCUT2D eigenvalue weighted by Gasteiger charge is 2.09. The summed E-state index contributed by atoms with van der Waals surface area (Å²) in [5.41, 5.74) is 0.951. The first-order valence-electron chi connectivity index (χ1n) is 7.17. The van der Waals surface area contributed by atoms with E-state index >= 15 is 0 Å². The second-order valence-corrected chi connectivity index (χ2v) is 6.03. The summed E-state index contributed by atoms with van der Waals surface area (Å²) in [7, 11) is 0. The number of halogens is 1. The summed E-state index contributed by atoms with van der Waals surface area (Å²) in [6.45, 7) is 5.46. The molecular weight excluding hydrogens is 304 g/mol. The van der Waals surface area contributed by atoms with Crippen LogP contribution in [0.4, 0.5) is 0 Å². The van der Waals surface area contributed by atoms with E-state index in [1.807, 2.05) is 18.2 Å². The molecule has 0 spiro atoms. The van der Waals surface area contributed by atoms with Gasteiger partial charge in [0.15, 0.2) is 0 Å². The first-order valence-corrected chi connectivity index (χ1v) is 7.96. The summed E-state index contributed by atoms with van der Waals surface area (Å²) in [4.78, 5) is 2.56. The fourth-order valence-corrected chi connectivity index (χ4v) is 2.94. The summed E-state index contributed by atoms with van der Waals surface area (Å²) in [5.74, 6) is 0.353. The number of nitrogens with one attached hydrogen (secondary N) is 1. The number of likely N-dealkylation sites (tertiary alicyclic amines) is 1. The van der Waals surface area contributed by atoms with Crippen molar-refractivity contribution in [3.8, 4) is 5.75 Å². The van der Waals surface area contributed by atoms with E-state index in [4.69, 9.17) is 0 Å². The van der Waals surface area contributed by atoms with Crippen LogP contribution < -0.4 is 5.32 Å². The predicted octanol–water partition coefficient (Wildman–Crippen LogP) is 3.12. The van der Waals surface area contributed by atoms with E-state index in [0.717, 1.165) is 23.1 Å². The van der Waals surface area contributed by atoms with Gasteiger partial charge in [0.1, 0.15) is 5.75 Å². The van der Waals surface area contributed by atoms with Crippen LogP contribution in [0.2, 0.25) is 0 Å². The quantitative estimate of drug-likeness (QED) is 0.788. The average Bonchev–Trinajstić information content (AvgIpc) is 2.44. The van der Waals surface area contributed by atoms with Crippen molar-refractivity contribution < 1.29 is 5.11 Å². The van der Waals surface area contributed by atoms with Crippen molar-refractivity contribution >= 4 is 15.9 Å². The molecule has 3 nitrogen and oxygen atoms in total. The Morgan fingerprint density at radius 1 is 1.21 bits per heavy atom. The number of phenols is 1. The number of piperidine rings is 1. The van der Waals surface area contributed by atoms with Gasteiger partial charge in [0.25, 0.3) is 0 Å². The molecule has 0 aromatic heterocycles. The molecule has 1 aliphatic rings. The molecule has 2 rings (SSSR count). The van der Waals surface area contributed by atoms with Crippen LogP contribution in [-0.4, -0.2) is 36.2 Å². The number of hydrogen-bond acceptors (Lipinski definition) is 3. The summed E-state index contributed by atoms with van der Waals surface area (Å²) >= 11 is 3.34. The van der Waals surface area contributed by atoms with Crippen molar-refractivity contribution in [2.24, 2.45) is 0 Å². The fraction of sp³-hybridized carbons (Fsp3) is 0.600. The summed E-state index contributed by atoms with van der Waals surface area (Å²) < 4.78 is 0.764. The van der Waals surface area contributed by atoms with Crippen molar-refractivity contribution in [3.05, 3.63) is 28.2 Å². The van der Waals surface area contributed by atoms with E-state index in [9.17, 15) is 5.11 Å². The van der Waals surface area contributed by atoms with Gasteiger partial charge < -0.3 is 15.3 Å². The topological polar surface area (TPSA) is 35.5 Å². The van der Waals surface area contributed by atoms with Crippen LogP contribution >= 0.6 is 15.9 Å². The lowest BCUT2D eigenvalue weighted by molar-refractivity contribution is 0.225. The van der Waals surface area contributed by atoms with Gasteiger partial charge in [0.05, 0.1) is 4.47 Å². The lowest BCUT2D eigenvalue weighted by atomic mass is 10.1. The van der Waals surface area contributed by atoms with Gasteiger partial charge in [-0.15, -0.1) is 0 Å². The number of nitrogens with zero attached hydrogens (tertiary/aromatic N) is 1. The van der Waals surface area contributed by atoms with E-state index in [0.29, 0.717) is 5.75 Å². The van der Waals surface area contributed by atoms with Crippen LogP contribution in [0, 0.1) is 0 Å². The number of rotatable bonds is 6. The number of hydrogen-bond donors (Lipinski definition) is 2. The van der Waals surface area contributed by atoms with Gasteiger partial charge in [-0.3, -0.25) is 0 Å². The normalized spacial score (nSPS) is 16.7. The predicted molar refractivity (Wildman–Crippen MR) is 82.4 cm³/mol. The lowest BCUT2D eigenvalue weighted by Gasteiger charge is -2.26. The molecule has 1 aliphatic heterocycles. The van der Waals surface area contributed by atoms with Gasteiger partial charge in [0.2, 0.25) is 0 Å². The Morgan fingerprint density at radius 2 is 2.00 bits per heavy atom. The summed E-state index contributed by atoms with van der Waals surface area (Å²) in [5, 5.41) is 13.3. The molecule has 1 heterocycles. The molecule has 0 atom stereocenters. The number of phenolic OH excluding ortho intramolecular Hbond substituents is 1. The van der Waals surface area contributed by atoms with E-state index in [1.165, 1.54) is 45.3 Å². The minimum absolute atomic E-state index is 0.353. The van der Waals surface area contributed by atoms with E-state index in [-0.39, 0.29) is 0 Å². The van der Waals surface area contributed by atoms with Crippen molar-refractivity contribution in [2.45, 2.75) is 32.2 Å². The van der Waals surface area contributed by atoms with Crippen LogP contribution in [0.5, 0.6) is 5.75 Å². The van der Waals surface area contributed by atoms with Gasteiger partial charge in [-0.2, -0.15) is 0 Å². The molecule has 1 aromatic carbocycles. The van der Waals surface area contributed by atoms with E-state index in [1.54, 1.807) is 0 Å². The smallest absolute Gasteiger partial charge is 0.134 e. The first-order chi connectivity index (χ1) is 9.27. The third-order valence-corrected chi connectivity index (χ3v) is 4.30. The van der Waals surface area contributed by atoms with Gasteiger partial charge in [-0.05, 0) is 67.4 Å². The van der Waals surface area contributed by atoms with Crippen LogP contribution in [0.15, 0.2) is 22.7 Å². The lowest BCUT2D eigenvalue weighted by Crippen LogP contribution is -2.32. The zero-order chi connectivity index (χ0) is 13.5. The van der Waals surface area contributed by atoms with E-state index < -0.39 is 0 Å². The third-order valence-electron chi connectivity index (χ3n) is 3.66. The Kier molecular flexibility index (Phi) is 6.14. The average molecular weight is 327 g/mol. The third kappa shape index (κ3) is 4.79. The van der Waals surface area contributed by atoms with Crippen LogP contribution in [-0.2, 0) is 6.54 Å². The Bertz CT molecular complexity index is 392. The molecule has 0 amide bonds. The minimum Gasteiger partial charge on any atom is -0.506 e. The molecule has 106 valence electrons. The molecule has 1 fully saturated rings. The molecule has 2 N–H and O–H groups in total. The SMILES string of the molecule is Oc1c(Br)cccc1CNCCCN1CCCCC1. The molecule has 0 radical (unpaired) electrons. The zero-order valence-electron chi connectivity index (χ0n) is 11.4. The maximum Gasteiger partial charge on any atom is 0.134 e. The Labute approximate surface area is 124 Å². The van der Waals surface area contributed by atoms with Gasteiger partial charge in [-0.1, -0.05) is 18.6 Å². The van der Waals surface area contributed by atoms with Gasteiger partial charge in [-0.25, -0.2) is 0 Å². The molecule has 19 heavy (non-hydrogen) atoms. The first kappa shape index (κ1) is 14.8. The van der Waals surface area contributed by atoms with Crippen molar-refractivity contribution in [2.75, 3.05) is 26.2 Å². The highest BCUT2D eigenvalue weighted by Crippen LogP contribution is 2.27. The van der Waals surface area contributed by atoms with Crippen molar-refractivity contribution in [1.29, 1.82) is 0 Å². The Balaban J connectivity index is 1.62. The van der Waals surface area contributed by atoms with E-state index in [2.05, 4.69) is 26.1 Å². The van der Waals surface area contributed by atoms with Gasteiger partial charge >= 0.3 is 0 Å². The number of aromatic hydroxyl groups is 1. The molecule has 1 saturated heterocycles. The minimum atomic E-state index is 0.353. The number of para-hydroxylation sites is 1. The standard InChI is InChI=1S/C15H23BrN2O/c16-14-7-4-6-13(15(14)19)12-17-8-5-11-18-9-2-1-3-10-18/h4,6-7,17,19H,1-3,5,8-12H2. The van der Waals surface area contributed by atoms with Crippen molar-refractivity contribution in [1.82, 2.24) is 10.2 Å². The van der Waals surface area contributed by atoms with Crippen LogP contribution in [0.25, 0.3) is 0 Å². The Morgan fingerprint density at radius 3 is 2.79 bits per heavy atom. The molecule has 0 aliphatic carbocycles. The van der Waals surface area contributed by atoms with Gasteiger partial charge in [0, 0.05) is 12.1 Å². The molecular formula is C15H23BrN2O. The largest absolute Gasteiger partial charge is 0.506 e. The fourth-order valence-electron chi connectivity index (χ4n) is 2.54. The molecule has 0 bridgehead atoms. The highest BCUT2D eigenvalue weighted by atomic mass is 79.9. The second kappa shape index (κ2) is 7.88. The summed E-state index contributed by atoms with van der Waals surface area (Å²) in [6.07, 6.45) is 5.30. The molecule has 0 unspecified atom stereocenters. The molecule has 0 saturated carbocycles. The summed E-state index contributed by atoms with van der Waals surface area (Å²) in [6, 6.07) is 5.77. The van der Waals surface area contributed by atoms with Crippen molar-refractivity contribution in [3.63, 3.8) is 0 Å². The number of benzene rings is 1. The van der Waals surface area contributed by atoms with Crippen LogP contribution in [0.3, 0.4) is 0 Å². The molecule has 1 aromatic rings. The zero-order valence-corrected chi connectivity index (χ0v) is 13.0. The Hall–Kier alpha value is -0.580. The maximum absolute atomic E-state index is 9.86. The highest BCUT2D eigenvalue weighted by molar-refractivity contribution is 9.10.